The summed E-state index contributed by atoms with van der Waals surface area (Å²) in [6.07, 6.45) is -9.48. The minimum absolute atomic E-state index is 0.122. The molecule has 5 atom stereocenters. The molecule has 40 heavy (non-hydrogen) atoms. The van der Waals surface area contributed by atoms with Gasteiger partial charge in [0.15, 0.2) is 23.8 Å². The number of alkyl halides is 3. The van der Waals surface area contributed by atoms with Crippen molar-refractivity contribution >= 4 is 32.7 Å². The third-order valence-electron chi connectivity index (χ3n) is 6.27. The predicted molar refractivity (Wildman–Crippen MR) is 135 cm³/mol. The first-order valence-electron chi connectivity index (χ1n) is 11.9. The van der Waals surface area contributed by atoms with Crippen molar-refractivity contribution in [3.63, 3.8) is 0 Å². The number of rotatable bonds is 10. The van der Waals surface area contributed by atoms with Gasteiger partial charge in [-0.1, -0.05) is 30.3 Å². The number of anilines is 1. The lowest BCUT2D eigenvalue weighted by Crippen LogP contribution is -2.39. The topological polar surface area (TPSA) is 190 Å². The van der Waals surface area contributed by atoms with E-state index < -0.39 is 64.7 Å². The number of aliphatic hydroxyl groups excluding tert-OH is 3. The van der Waals surface area contributed by atoms with E-state index in [0.29, 0.717) is 16.9 Å². The summed E-state index contributed by atoms with van der Waals surface area (Å²) in [5, 5.41) is 31.2. The summed E-state index contributed by atoms with van der Waals surface area (Å²) in [5.74, 6) is -0.709. The van der Waals surface area contributed by atoms with Gasteiger partial charge in [0.25, 0.3) is 0 Å². The highest BCUT2D eigenvalue weighted by Crippen LogP contribution is 2.35. The van der Waals surface area contributed by atoms with Crippen LogP contribution in [0.25, 0.3) is 11.2 Å². The quantitative estimate of drug-likeness (QED) is 0.217. The van der Waals surface area contributed by atoms with Crippen LogP contribution < -0.4 is 10.5 Å². The number of aliphatic hydroxyl groups is 3. The van der Waals surface area contributed by atoms with Crippen LogP contribution in [0.15, 0.2) is 54.3 Å². The van der Waals surface area contributed by atoms with Gasteiger partial charge in [0.1, 0.15) is 23.8 Å². The zero-order chi connectivity index (χ0) is 29.2. The van der Waals surface area contributed by atoms with Gasteiger partial charge in [-0.3, -0.25) is 9.36 Å². The molecule has 0 spiro atoms. The molecule has 216 valence electrons. The Balaban J connectivity index is 1.33. The number of aromatic nitrogens is 3. The molecule has 0 bridgehead atoms. The fourth-order valence-electron chi connectivity index (χ4n) is 4.22. The molecule has 0 amide bonds. The first kappa shape index (κ1) is 29.6. The molecule has 3 heterocycles. The fourth-order valence-corrected chi connectivity index (χ4v) is 5.11. The van der Waals surface area contributed by atoms with Crippen LogP contribution in [-0.2, 0) is 14.8 Å². The molecule has 0 aliphatic carbocycles. The van der Waals surface area contributed by atoms with Crippen LogP contribution in [0.3, 0.4) is 0 Å². The SMILES string of the molecule is Nc1ccnc2c1ncn2[C@@H]1O[C@H](CNS(=O)(=O)/C=C/CCC(=O)c2ccccc2C(O)C(F)(F)F)[C@@H](O)[C@H]1O. The maximum absolute atomic E-state index is 12.9. The third kappa shape index (κ3) is 6.32. The molecule has 1 aliphatic heterocycles. The number of nitrogen functional groups attached to an aromatic ring is 1. The highest BCUT2D eigenvalue weighted by Gasteiger charge is 2.44. The van der Waals surface area contributed by atoms with Gasteiger partial charge in [-0.2, -0.15) is 13.2 Å². The van der Waals surface area contributed by atoms with E-state index in [9.17, 15) is 41.7 Å². The second kappa shape index (κ2) is 11.6. The number of benzene rings is 1. The minimum atomic E-state index is -4.96. The lowest BCUT2D eigenvalue weighted by molar-refractivity contribution is -0.206. The van der Waals surface area contributed by atoms with E-state index in [-0.39, 0.29) is 18.4 Å². The third-order valence-corrected chi connectivity index (χ3v) is 7.39. The van der Waals surface area contributed by atoms with Gasteiger partial charge in [-0.15, -0.1) is 0 Å². The molecule has 16 heteroatoms. The zero-order valence-corrected chi connectivity index (χ0v) is 21.5. The monoisotopic (exact) mass is 585 g/mol. The molecular formula is C24H26F3N5O7S. The van der Waals surface area contributed by atoms with Crippen LogP contribution in [0.1, 0.15) is 41.1 Å². The maximum Gasteiger partial charge on any atom is 0.418 e. The molecule has 12 nitrogen and oxygen atoms in total. The Bertz CT molecular complexity index is 1510. The standard InChI is InChI=1S/C24H26F3N5O7S/c25-24(26,27)21(36)14-6-2-1-5-13(14)16(33)7-3-4-10-40(37,38)31-11-17-19(34)20(35)23(39-17)32-12-30-18-15(28)8-9-29-22(18)32/h1-2,4-6,8-10,12,17,19-21,23,31,34-36H,3,7,11H2,(H2,28,29)/b10-4+/t17-,19-,20-,21?,23-/m1/s1. The van der Waals surface area contributed by atoms with Crippen molar-refractivity contribution in [3.8, 4) is 0 Å². The number of hydrogen-bond donors (Lipinski definition) is 5. The maximum atomic E-state index is 12.9. The average molecular weight is 586 g/mol. The number of ketones is 1. The largest absolute Gasteiger partial charge is 0.418 e. The minimum Gasteiger partial charge on any atom is -0.397 e. The molecule has 1 unspecified atom stereocenters. The van der Waals surface area contributed by atoms with E-state index >= 15 is 0 Å². The number of ether oxygens (including phenoxy) is 1. The number of sulfonamides is 1. The van der Waals surface area contributed by atoms with E-state index in [1.54, 1.807) is 6.07 Å². The number of nitrogens with two attached hydrogens (primary N) is 1. The van der Waals surface area contributed by atoms with Crippen molar-refractivity contribution in [1.82, 2.24) is 19.3 Å². The predicted octanol–water partition coefficient (Wildman–Crippen LogP) is 1.32. The summed E-state index contributed by atoms with van der Waals surface area (Å²) >= 11 is 0. The summed E-state index contributed by atoms with van der Waals surface area (Å²) in [6, 6.07) is 6.31. The van der Waals surface area contributed by atoms with E-state index in [4.69, 9.17) is 10.5 Å². The summed E-state index contributed by atoms with van der Waals surface area (Å²) in [7, 11) is -4.08. The van der Waals surface area contributed by atoms with E-state index in [1.165, 1.54) is 29.2 Å². The van der Waals surface area contributed by atoms with Crippen LogP contribution in [0.2, 0.25) is 0 Å². The number of imidazole rings is 1. The second-order valence-corrected chi connectivity index (χ2v) is 10.7. The normalized spacial score (nSPS) is 22.8. The summed E-state index contributed by atoms with van der Waals surface area (Å²) in [4.78, 5) is 20.7. The molecule has 1 saturated heterocycles. The number of carbonyl (C=O) groups is 1. The van der Waals surface area contributed by atoms with E-state index in [2.05, 4.69) is 14.7 Å². The molecule has 2 aromatic heterocycles. The molecule has 1 aliphatic rings. The van der Waals surface area contributed by atoms with Gasteiger partial charge in [-0.05, 0) is 12.5 Å². The lowest BCUT2D eigenvalue weighted by Gasteiger charge is -2.17. The van der Waals surface area contributed by atoms with Crippen LogP contribution in [0, 0.1) is 0 Å². The smallest absolute Gasteiger partial charge is 0.397 e. The van der Waals surface area contributed by atoms with E-state index in [0.717, 1.165) is 23.6 Å². The van der Waals surface area contributed by atoms with Crippen LogP contribution in [0.4, 0.5) is 18.9 Å². The van der Waals surface area contributed by atoms with Gasteiger partial charge in [0.05, 0.1) is 12.0 Å². The highest BCUT2D eigenvalue weighted by atomic mass is 32.2. The number of nitrogens with one attached hydrogen (secondary N) is 1. The van der Waals surface area contributed by atoms with E-state index in [1.807, 2.05) is 0 Å². The Labute approximate surface area is 226 Å². The van der Waals surface area contributed by atoms with Crippen molar-refractivity contribution in [3.05, 3.63) is 65.5 Å². The van der Waals surface area contributed by atoms with Gasteiger partial charge >= 0.3 is 6.18 Å². The summed E-state index contributed by atoms with van der Waals surface area (Å²) < 4.78 is 72.8. The van der Waals surface area contributed by atoms with Crippen molar-refractivity contribution in [1.29, 1.82) is 0 Å². The van der Waals surface area contributed by atoms with Gasteiger partial charge < -0.3 is 25.8 Å². The second-order valence-electron chi connectivity index (χ2n) is 9.03. The highest BCUT2D eigenvalue weighted by molar-refractivity contribution is 7.92. The molecule has 1 fully saturated rings. The summed E-state index contributed by atoms with van der Waals surface area (Å²) in [6.45, 7) is -0.411. The number of Topliss-reactive ketones (excluding diaryl/α,β-unsaturated/α-hetero) is 1. The average Bonchev–Trinajstić information content (AvgIpc) is 3.46. The zero-order valence-electron chi connectivity index (χ0n) is 20.6. The van der Waals surface area contributed by atoms with Gasteiger partial charge in [0, 0.05) is 35.7 Å². The Morgan fingerprint density at radius 3 is 2.65 bits per heavy atom. The van der Waals surface area contributed by atoms with Gasteiger partial charge in [-0.25, -0.2) is 23.1 Å². The fraction of sp³-hybridized carbons (Fsp3) is 0.375. The van der Waals surface area contributed by atoms with Crippen LogP contribution in [-0.4, -0.2) is 75.1 Å². The Hall–Kier alpha value is -3.41. The lowest BCUT2D eigenvalue weighted by atomic mass is 9.96. The van der Waals surface area contributed by atoms with Crippen LogP contribution >= 0.6 is 0 Å². The first-order chi connectivity index (χ1) is 18.8. The number of nitrogens with zero attached hydrogens (tertiary/aromatic N) is 3. The molecule has 6 N–H and O–H groups in total. The Morgan fingerprint density at radius 1 is 1.20 bits per heavy atom. The number of halogens is 3. The van der Waals surface area contributed by atoms with Crippen molar-refractivity contribution in [2.45, 2.75) is 49.7 Å². The summed E-state index contributed by atoms with van der Waals surface area (Å²) in [5.41, 5.74) is 5.96. The molecular weight excluding hydrogens is 559 g/mol. The number of carbonyl (C=O) groups excluding carboxylic acids is 1. The first-order valence-corrected chi connectivity index (χ1v) is 13.5. The number of pyridine rings is 1. The number of hydrogen-bond acceptors (Lipinski definition) is 10. The molecule has 0 saturated carbocycles. The molecule has 0 radical (unpaired) electrons. The van der Waals surface area contributed by atoms with Crippen molar-refractivity contribution in [2.24, 2.45) is 0 Å². The van der Waals surface area contributed by atoms with Crippen LogP contribution in [0.5, 0.6) is 0 Å². The van der Waals surface area contributed by atoms with Gasteiger partial charge in [0.2, 0.25) is 10.0 Å². The molecule has 3 aromatic rings. The molecule has 1 aromatic carbocycles. The van der Waals surface area contributed by atoms with Crippen molar-refractivity contribution in [2.75, 3.05) is 12.3 Å². The Kier molecular flexibility index (Phi) is 8.57. The molecule has 4 rings (SSSR count). The number of fused-ring (bicyclic) bond motifs is 1. The van der Waals surface area contributed by atoms with Crippen molar-refractivity contribution < 1.29 is 46.4 Å². The Morgan fingerprint density at radius 2 is 1.93 bits per heavy atom. The number of allylic oxidation sites excluding steroid dienone is 1.